The average Bonchev–Trinajstić information content (AvgIpc) is 2.88. The lowest BCUT2D eigenvalue weighted by molar-refractivity contribution is 0.502. The predicted molar refractivity (Wildman–Crippen MR) is 111 cm³/mol. The molecule has 3 rings (SSSR count). The molecule has 0 saturated carbocycles. The number of nitrogens with one attached hydrogen (secondary N) is 1. The van der Waals surface area contributed by atoms with Crippen molar-refractivity contribution >= 4 is 34.5 Å². The first-order valence-electron chi connectivity index (χ1n) is 8.95. The normalized spacial score (nSPS) is 12.1. The Kier molecular flexibility index (Phi) is 5.26. The van der Waals surface area contributed by atoms with Crippen LogP contribution in [0.2, 0.25) is 5.02 Å². The molecule has 0 spiro atoms. The summed E-state index contributed by atoms with van der Waals surface area (Å²) in [5.74, 6) is 1.74. The first kappa shape index (κ1) is 19.4. The third-order valence-electron chi connectivity index (χ3n) is 4.12. The summed E-state index contributed by atoms with van der Waals surface area (Å²) in [5, 5.41) is 4.07. The Morgan fingerprint density at radius 2 is 1.81 bits per heavy atom. The van der Waals surface area contributed by atoms with Crippen molar-refractivity contribution < 1.29 is 0 Å². The quantitative estimate of drug-likeness (QED) is 0.597. The highest BCUT2D eigenvalue weighted by atomic mass is 35.5. The molecule has 0 unspecified atom stereocenters. The van der Waals surface area contributed by atoms with Gasteiger partial charge in [0, 0.05) is 29.6 Å². The average molecular weight is 388 g/mol. The van der Waals surface area contributed by atoms with E-state index in [1.165, 1.54) is 0 Å². The van der Waals surface area contributed by atoms with Crippen LogP contribution in [0.15, 0.2) is 24.3 Å². The van der Waals surface area contributed by atoms with Crippen molar-refractivity contribution in [1.82, 2.24) is 19.5 Å². The summed E-state index contributed by atoms with van der Waals surface area (Å²) >= 11 is 5.96. The van der Waals surface area contributed by atoms with Crippen LogP contribution in [0.4, 0.5) is 11.8 Å². The summed E-state index contributed by atoms with van der Waals surface area (Å²) in [4.78, 5) is 13.9. The minimum absolute atomic E-state index is 0.132. The predicted octanol–water partition coefficient (Wildman–Crippen LogP) is 3.53. The Bertz CT molecular complexity index is 939. The maximum atomic E-state index is 6.18. The van der Waals surface area contributed by atoms with E-state index in [0.29, 0.717) is 41.1 Å². The second-order valence-electron chi connectivity index (χ2n) is 7.74. The Labute approximate surface area is 164 Å². The van der Waals surface area contributed by atoms with Gasteiger partial charge < -0.3 is 16.8 Å². The van der Waals surface area contributed by atoms with E-state index in [1.54, 1.807) is 0 Å². The molecule has 0 atom stereocenters. The summed E-state index contributed by atoms with van der Waals surface area (Å²) in [6.45, 7) is 8.59. The molecule has 0 saturated heterocycles. The van der Waals surface area contributed by atoms with Crippen LogP contribution in [0.5, 0.6) is 0 Å². The van der Waals surface area contributed by atoms with E-state index in [4.69, 9.17) is 28.1 Å². The second-order valence-corrected chi connectivity index (χ2v) is 8.18. The van der Waals surface area contributed by atoms with Crippen LogP contribution in [-0.2, 0) is 13.0 Å². The summed E-state index contributed by atoms with van der Waals surface area (Å²) < 4.78 is 1.91. The van der Waals surface area contributed by atoms with E-state index in [1.807, 2.05) is 56.5 Å². The van der Waals surface area contributed by atoms with Crippen molar-refractivity contribution in [3.63, 3.8) is 0 Å². The monoisotopic (exact) mass is 387 g/mol. The molecule has 7 nitrogen and oxygen atoms in total. The number of nitrogens with zero attached hydrogens (tertiary/aromatic N) is 4. The van der Waals surface area contributed by atoms with Crippen molar-refractivity contribution in [3.8, 4) is 0 Å². The lowest BCUT2D eigenvalue weighted by Crippen LogP contribution is -2.35. The van der Waals surface area contributed by atoms with Gasteiger partial charge >= 0.3 is 0 Å². The molecule has 2 heterocycles. The van der Waals surface area contributed by atoms with Gasteiger partial charge in [-0.1, -0.05) is 23.7 Å². The highest BCUT2D eigenvalue weighted by molar-refractivity contribution is 6.30. The van der Waals surface area contributed by atoms with Gasteiger partial charge in [-0.05, 0) is 45.4 Å². The highest BCUT2D eigenvalue weighted by Gasteiger charge is 2.21. The number of rotatable bonds is 6. The number of imidazole rings is 1. The molecule has 1 aromatic carbocycles. The molecule has 0 bridgehead atoms. The topological polar surface area (TPSA) is 108 Å². The number of hydrogen-bond donors (Lipinski definition) is 3. The molecule has 27 heavy (non-hydrogen) atoms. The SMILES string of the molecule is CC(C)n1c(N)nc2c(NCc3ccc(Cl)cc3)nc(CC(C)(C)N)nc21. The molecule has 0 aliphatic rings. The molecule has 5 N–H and O–H groups in total. The smallest absolute Gasteiger partial charge is 0.202 e. The largest absolute Gasteiger partial charge is 0.369 e. The number of halogens is 1. The van der Waals surface area contributed by atoms with Crippen LogP contribution >= 0.6 is 11.6 Å². The van der Waals surface area contributed by atoms with Gasteiger partial charge in [0.2, 0.25) is 5.95 Å². The van der Waals surface area contributed by atoms with E-state index in [0.717, 1.165) is 11.2 Å². The molecule has 2 aromatic heterocycles. The van der Waals surface area contributed by atoms with Crippen LogP contribution in [0.25, 0.3) is 11.2 Å². The van der Waals surface area contributed by atoms with Crippen LogP contribution < -0.4 is 16.8 Å². The summed E-state index contributed by atoms with van der Waals surface area (Å²) in [5.41, 5.74) is 14.4. The van der Waals surface area contributed by atoms with Gasteiger partial charge in [0.1, 0.15) is 5.82 Å². The van der Waals surface area contributed by atoms with Gasteiger partial charge in [-0.3, -0.25) is 4.57 Å². The fourth-order valence-corrected chi connectivity index (χ4v) is 3.07. The molecular weight excluding hydrogens is 362 g/mol. The van der Waals surface area contributed by atoms with Crippen LogP contribution in [0, 0.1) is 0 Å². The van der Waals surface area contributed by atoms with Crippen LogP contribution in [0.1, 0.15) is 45.1 Å². The van der Waals surface area contributed by atoms with Gasteiger partial charge in [-0.25, -0.2) is 15.0 Å². The number of fused-ring (bicyclic) bond motifs is 1. The number of anilines is 2. The van der Waals surface area contributed by atoms with Gasteiger partial charge in [0.05, 0.1) is 0 Å². The lowest BCUT2D eigenvalue weighted by Gasteiger charge is -2.18. The summed E-state index contributed by atoms with van der Waals surface area (Å²) in [7, 11) is 0. The lowest BCUT2D eigenvalue weighted by atomic mass is 10.0. The number of benzene rings is 1. The van der Waals surface area contributed by atoms with Crippen LogP contribution in [-0.4, -0.2) is 25.1 Å². The fourth-order valence-electron chi connectivity index (χ4n) is 2.94. The third-order valence-corrected chi connectivity index (χ3v) is 4.37. The number of hydrogen-bond acceptors (Lipinski definition) is 6. The molecule has 8 heteroatoms. The van der Waals surface area contributed by atoms with E-state index in [9.17, 15) is 0 Å². The minimum atomic E-state index is -0.421. The second kappa shape index (κ2) is 7.32. The van der Waals surface area contributed by atoms with Gasteiger partial charge in [0.15, 0.2) is 17.0 Å². The molecule has 144 valence electrons. The Hall–Kier alpha value is -2.38. The zero-order valence-electron chi connectivity index (χ0n) is 16.1. The molecule has 0 radical (unpaired) electrons. The zero-order chi connectivity index (χ0) is 19.8. The van der Waals surface area contributed by atoms with Crippen molar-refractivity contribution in [2.24, 2.45) is 5.73 Å². The van der Waals surface area contributed by atoms with Crippen molar-refractivity contribution in [3.05, 3.63) is 40.7 Å². The number of aromatic nitrogens is 4. The fraction of sp³-hybridized carbons (Fsp3) is 0.421. The van der Waals surface area contributed by atoms with Gasteiger partial charge in [-0.2, -0.15) is 0 Å². The molecule has 0 fully saturated rings. The summed E-state index contributed by atoms with van der Waals surface area (Å²) in [6, 6.07) is 7.80. The maximum Gasteiger partial charge on any atom is 0.202 e. The number of nitrogen functional groups attached to an aromatic ring is 1. The third kappa shape index (κ3) is 4.48. The summed E-state index contributed by atoms with van der Waals surface area (Å²) in [6.07, 6.45) is 0.543. The first-order chi connectivity index (χ1) is 12.6. The van der Waals surface area contributed by atoms with E-state index in [2.05, 4.69) is 15.3 Å². The standard InChI is InChI=1S/C19H26ClN7/c1-11(2)27-17-15(26-18(27)21)16(24-14(25-17)9-19(3,4)22)23-10-12-5-7-13(20)8-6-12/h5-8,11H,9-10,22H2,1-4H3,(H2,21,26)(H,23,24,25). The van der Waals surface area contributed by atoms with E-state index >= 15 is 0 Å². The maximum absolute atomic E-state index is 6.18. The van der Waals surface area contributed by atoms with Crippen molar-refractivity contribution in [2.45, 2.75) is 52.2 Å². The van der Waals surface area contributed by atoms with E-state index in [-0.39, 0.29) is 6.04 Å². The van der Waals surface area contributed by atoms with Crippen LogP contribution in [0.3, 0.4) is 0 Å². The number of nitrogens with two attached hydrogens (primary N) is 2. The highest BCUT2D eigenvalue weighted by Crippen LogP contribution is 2.27. The minimum Gasteiger partial charge on any atom is -0.369 e. The Balaban J connectivity index is 2.03. The zero-order valence-corrected chi connectivity index (χ0v) is 16.9. The van der Waals surface area contributed by atoms with Crippen molar-refractivity contribution in [1.29, 1.82) is 0 Å². The van der Waals surface area contributed by atoms with Crippen molar-refractivity contribution in [2.75, 3.05) is 11.1 Å². The Morgan fingerprint density at radius 1 is 1.15 bits per heavy atom. The molecule has 0 aliphatic heterocycles. The molecular formula is C19H26ClN7. The molecule has 0 aliphatic carbocycles. The molecule has 3 aromatic rings. The van der Waals surface area contributed by atoms with Gasteiger partial charge in [0.25, 0.3) is 0 Å². The first-order valence-corrected chi connectivity index (χ1v) is 9.33. The van der Waals surface area contributed by atoms with Gasteiger partial charge in [-0.15, -0.1) is 0 Å². The van der Waals surface area contributed by atoms with E-state index < -0.39 is 5.54 Å². The Morgan fingerprint density at radius 3 is 2.41 bits per heavy atom. The molecule has 0 amide bonds.